The number of fused-ring (bicyclic) bond motifs is 1. The van der Waals surface area contributed by atoms with Crippen molar-refractivity contribution >= 4 is 26.8 Å². The van der Waals surface area contributed by atoms with Crippen molar-refractivity contribution in [3.05, 3.63) is 39.4 Å². The van der Waals surface area contributed by atoms with Crippen molar-refractivity contribution in [3.8, 4) is 0 Å². The van der Waals surface area contributed by atoms with E-state index in [1.165, 1.54) is 25.7 Å². The molecule has 4 heteroatoms. The van der Waals surface area contributed by atoms with Gasteiger partial charge in [-0.3, -0.25) is 9.36 Å². The quantitative estimate of drug-likeness (QED) is 0.853. The molecule has 0 bridgehead atoms. The van der Waals surface area contributed by atoms with Gasteiger partial charge in [-0.05, 0) is 37.0 Å². The molecule has 1 aliphatic rings. The molecule has 0 atom stereocenters. The molecular weight excluding hydrogens is 292 g/mol. The van der Waals surface area contributed by atoms with Crippen molar-refractivity contribution in [3.63, 3.8) is 0 Å². The lowest BCUT2D eigenvalue weighted by Crippen LogP contribution is -2.23. The SMILES string of the molecule is O=c1c2ccc(Br)cc2ncn1CC1CCCC1. The van der Waals surface area contributed by atoms with Crippen molar-refractivity contribution < 1.29 is 0 Å². The average molecular weight is 307 g/mol. The van der Waals surface area contributed by atoms with Gasteiger partial charge in [0.15, 0.2) is 0 Å². The topological polar surface area (TPSA) is 34.9 Å². The largest absolute Gasteiger partial charge is 0.298 e. The predicted molar refractivity (Wildman–Crippen MR) is 75.7 cm³/mol. The summed E-state index contributed by atoms with van der Waals surface area (Å²) in [7, 11) is 0. The number of rotatable bonds is 2. The first-order chi connectivity index (χ1) is 8.74. The molecule has 1 fully saturated rings. The number of aromatic nitrogens is 2. The number of benzene rings is 1. The van der Waals surface area contributed by atoms with E-state index < -0.39 is 0 Å². The molecule has 0 spiro atoms. The van der Waals surface area contributed by atoms with Gasteiger partial charge in [0, 0.05) is 11.0 Å². The molecule has 1 heterocycles. The molecular formula is C14H15BrN2O. The Kier molecular flexibility index (Phi) is 3.20. The van der Waals surface area contributed by atoms with Crippen molar-refractivity contribution in [2.75, 3.05) is 0 Å². The molecule has 0 N–H and O–H groups in total. The van der Waals surface area contributed by atoms with E-state index in [2.05, 4.69) is 20.9 Å². The van der Waals surface area contributed by atoms with E-state index in [4.69, 9.17) is 0 Å². The van der Waals surface area contributed by atoms with Gasteiger partial charge in [-0.1, -0.05) is 28.8 Å². The lowest BCUT2D eigenvalue weighted by atomic mass is 10.1. The summed E-state index contributed by atoms with van der Waals surface area (Å²) in [4.78, 5) is 16.7. The van der Waals surface area contributed by atoms with Gasteiger partial charge in [0.1, 0.15) is 0 Å². The van der Waals surface area contributed by atoms with Gasteiger partial charge in [-0.2, -0.15) is 0 Å². The van der Waals surface area contributed by atoms with Crippen LogP contribution in [0.3, 0.4) is 0 Å². The summed E-state index contributed by atoms with van der Waals surface area (Å²) >= 11 is 3.40. The summed E-state index contributed by atoms with van der Waals surface area (Å²) in [6.07, 6.45) is 6.77. The van der Waals surface area contributed by atoms with Gasteiger partial charge in [0.05, 0.1) is 17.2 Å². The van der Waals surface area contributed by atoms with Crippen LogP contribution in [0.1, 0.15) is 25.7 Å². The Morgan fingerprint density at radius 2 is 2.11 bits per heavy atom. The average Bonchev–Trinajstić information content (AvgIpc) is 2.85. The molecule has 3 rings (SSSR count). The van der Waals surface area contributed by atoms with Crippen LogP contribution < -0.4 is 5.56 Å². The molecule has 2 aromatic rings. The third-order valence-electron chi connectivity index (χ3n) is 3.72. The van der Waals surface area contributed by atoms with E-state index in [9.17, 15) is 4.79 Å². The van der Waals surface area contributed by atoms with Crippen LogP contribution in [0.4, 0.5) is 0 Å². The molecule has 0 radical (unpaired) electrons. The predicted octanol–water partition coefficient (Wildman–Crippen LogP) is 3.35. The monoisotopic (exact) mass is 306 g/mol. The molecule has 0 aliphatic heterocycles. The van der Waals surface area contributed by atoms with Crippen molar-refractivity contribution in [2.24, 2.45) is 5.92 Å². The number of halogens is 1. The minimum Gasteiger partial charge on any atom is -0.298 e. The van der Waals surface area contributed by atoms with Gasteiger partial charge in [0.2, 0.25) is 0 Å². The first-order valence-electron chi connectivity index (χ1n) is 6.39. The van der Waals surface area contributed by atoms with Crippen LogP contribution in [0, 0.1) is 5.92 Å². The molecule has 3 nitrogen and oxygen atoms in total. The molecule has 0 saturated heterocycles. The summed E-state index contributed by atoms with van der Waals surface area (Å²) in [5.41, 5.74) is 0.844. The van der Waals surface area contributed by atoms with E-state index in [1.54, 1.807) is 10.9 Å². The maximum Gasteiger partial charge on any atom is 0.261 e. The van der Waals surface area contributed by atoms with Gasteiger partial charge >= 0.3 is 0 Å². The highest BCUT2D eigenvalue weighted by Gasteiger charge is 2.16. The van der Waals surface area contributed by atoms with Gasteiger partial charge in [-0.25, -0.2) is 4.98 Å². The fourth-order valence-electron chi connectivity index (χ4n) is 2.73. The zero-order valence-electron chi connectivity index (χ0n) is 10.1. The molecule has 1 aromatic carbocycles. The van der Waals surface area contributed by atoms with E-state index >= 15 is 0 Å². The Morgan fingerprint density at radius 3 is 2.89 bits per heavy atom. The molecule has 94 valence electrons. The Labute approximate surface area is 114 Å². The lowest BCUT2D eigenvalue weighted by molar-refractivity contribution is 0.447. The molecule has 0 amide bonds. The third-order valence-corrected chi connectivity index (χ3v) is 4.21. The molecule has 0 unspecified atom stereocenters. The third kappa shape index (κ3) is 2.21. The standard InChI is InChI=1S/C14H15BrN2O/c15-11-5-6-12-13(7-11)16-9-17(14(12)18)8-10-3-1-2-4-10/h5-7,9-10H,1-4,8H2. The molecule has 18 heavy (non-hydrogen) atoms. The normalized spacial score (nSPS) is 16.5. The number of nitrogens with zero attached hydrogens (tertiary/aromatic N) is 2. The molecule has 1 saturated carbocycles. The fraction of sp³-hybridized carbons (Fsp3) is 0.429. The van der Waals surface area contributed by atoms with Crippen LogP contribution in [0.2, 0.25) is 0 Å². The lowest BCUT2D eigenvalue weighted by Gasteiger charge is -2.11. The van der Waals surface area contributed by atoms with Crippen molar-refractivity contribution in [2.45, 2.75) is 32.2 Å². The van der Waals surface area contributed by atoms with Crippen LogP contribution in [0.5, 0.6) is 0 Å². The Bertz CT molecular complexity index is 629. The van der Waals surface area contributed by atoms with Crippen molar-refractivity contribution in [1.82, 2.24) is 9.55 Å². The highest BCUT2D eigenvalue weighted by atomic mass is 79.9. The first kappa shape index (κ1) is 11.9. The summed E-state index contributed by atoms with van der Waals surface area (Å²) in [6, 6.07) is 5.63. The van der Waals surface area contributed by atoms with Crippen LogP contribution in [-0.2, 0) is 6.54 Å². The van der Waals surface area contributed by atoms with Gasteiger partial charge in [0.25, 0.3) is 5.56 Å². The second-order valence-electron chi connectivity index (χ2n) is 5.01. The second kappa shape index (κ2) is 4.84. The summed E-state index contributed by atoms with van der Waals surface area (Å²) in [6.45, 7) is 0.817. The summed E-state index contributed by atoms with van der Waals surface area (Å²) in [5.74, 6) is 0.650. The molecule has 1 aliphatic carbocycles. The Balaban J connectivity index is 2.00. The number of hydrogen-bond donors (Lipinski definition) is 0. The fourth-order valence-corrected chi connectivity index (χ4v) is 3.08. The van der Waals surface area contributed by atoms with E-state index in [1.807, 2.05) is 18.2 Å². The van der Waals surface area contributed by atoms with Crippen LogP contribution >= 0.6 is 15.9 Å². The maximum absolute atomic E-state index is 12.3. The van der Waals surface area contributed by atoms with E-state index in [0.29, 0.717) is 11.3 Å². The van der Waals surface area contributed by atoms with Crippen molar-refractivity contribution in [1.29, 1.82) is 0 Å². The van der Waals surface area contributed by atoms with Crippen LogP contribution in [0.25, 0.3) is 10.9 Å². The Morgan fingerprint density at radius 1 is 1.33 bits per heavy atom. The second-order valence-corrected chi connectivity index (χ2v) is 5.93. The summed E-state index contributed by atoms with van der Waals surface area (Å²) < 4.78 is 2.72. The smallest absolute Gasteiger partial charge is 0.261 e. The molecule has 1 aromatic heterocycles. The van der Waals surface area contributed by atoms with Gasteiger partial charge < -0.3 is 0 Å². The van der Waals surface area contributed by atoms with Crippen LogP contribution in [-0.4, -0.2) is 9.55 Å². The highest BCUT2D eigenvalue weighted by Crippen LogP contribution is 2.25. The first-order valence-corrected chi connectivity index (χ1v) is 7.18. The van der Waals surface area contributed by atoms with E-state index in [-0.39, 0.29) is 5.56 Å². The Hall–Kier alpha value is -1.16. The zero-order chi connectivity index (χ0) is 12.5. The van der Waals surface area contributed by atoms with E-state index in [0.717, 1.165) is 16.5 Å². The highest BCUT2D eigenvalue weighted by molar-refractivity contribution is 9.10. The van der Waals surface area contributed by atoms with Gasteiger partial charge in [-0.15, -0.1) is 0 Å². The zero-order valence-corrected chi connectivity index (χ0v) is 11.7. The summed E-state index contributed by atoms with van der Waals surface area (Å²) in [5, 5.41) is 0.707. The number of hydrogen-bond acceptors (Lipinski definition) is 2. The minimum absolute atomic E-state index is 0.0828. The minimum atomic E-state index is 0.0828. The maximum atomic E-state index is 12.3. The van der Waals surface area contributed by atoms with Crippen LogP contribution in [0.15, 0.2) is 33.8 Å².